The first-order valence-electron chi connectivity index (χ1n) is 13.7. The van der Waals surface area contributed by atoms with Crippen molar-refractivity contribution in [1.82, 2.24) is 0 Å². The molecule has 0 heterocycles. The summed E-state index contributed by atoms with van der Waals surface area (Å²) in [6.07, 6.45) is 0.701. The van der Waals surface area contributed by atoms with Gasteiger partial charge in [-0.05, 0) is 99.9 Å². The zero-order valence-electron chi connectivity index (χ0n) is 24.2. The summed E-state index contributed by atoms with van der Waals surface area (Å²) in [4.78, 5) is 0. The quantitative estimate of drug-likeness (QED) is 0.215. The van der Waals surface area contributed by atoms with Gasteiger partial charge >= 0.3 is 0 Å². The van der Waals surface area contributed by atoms with Gasteiger partial charge in [0.25, 0.3) is 0 Å². The molecule has 0 radical (unpaired) electrons. The van der Waals surface area contributed by atoms with Gasteiger partial charge in [-0.1, -0.05) is 36.4 Å². The highest BCUT2D eigenvalue weighted by Gasteiger charge is 2.22. The first-order valence-corrected chi connectivity index (χ1v) is 13.7. The zero-order chi connectivity index (χ0) is 28.1. The van der Waals surface area contributed by atoms with Gasteiger partial charge in [-0.15, -0.1) is 0 Å². The van der Waals surface area contributed by atoms with E-state index >= 15 is 0 Å². The van der Waals surface area contributed by atoms with E-state index in [2.05, 4.69) is 43.3 Å². The van der Waals surface area contributed by atoms with Crippen LogP contribution in [0.1, 0.15) is 51.3 Å². The Morgan fingerprint density at radius 3 is 2.13 bits per heavy atom. The number of nitrogens with two attached hydrogens (primary N) is 1. The van der Waals surface area contributed by atoms with E-state index in [0.717, 1.165) is 61.6 Å². The van der Waals surface area contributed by atoms with Crippen molar-refractivity contribution in [2.24, 2.45) is 5.73 Å². The zero-order valence-corrected chi connectivity index (χ0v) is 24.2. The van der Waals surface area contributed by atoms with Crippen molar-refractivity contribution < 1.29 is 18.9 Å². The molecule has 39 heavy (non-hydrogen) atoms. The van der Waals surface area contributed by atoms with Crippen LogP contribution in [0.25, 0.3) is 21.9 Å². The van der Waals surface area contributed by atoms with Crippen molar-refractivity contribution in [3.8, 4) is 34.1 Å². The molecule has 0 aliphatic heterocycles. The minimum Gasteiger partial charge on any atom is -0.496 e. The number of methoxy groups -OCH3 is 1. The van der Waals surface area contributed by atoms with Crippen LogP contribution >= 0.6 is 0 Å². The fraction of sp³-hybridized carbons (Fsp3) is 0.353. The van der Waals surface area contributed by atoms with Crippen molar-refractivity contribution in [2.75, 3.05) is 7.11 Å². The predicted molar refractivity (Wildman–Crippen MR) is 160 cm³/mol. The lowest BCUT2D eigenvalue weighted by atomic mass is 9.89. The maximum atomic E-state index is 6.43. The van der Waals surface area contributed by atoms with Crippen molar-refractivity contribution in [3.63, 3.8) is 0 Å². The maximum absolute atomic E-state index is 6.43. The van der Waals surface area contributed by atoms with Gasteiger partial charge < -0.3 is 24.7 Å². The van der Waals surface area contributed by atoms with Gasteiger partial charge in [-0.2, -0.15) is 0 Å². The monoisotopic (exact) mass is 527 g/mol. The van der Waals surface area contributed by atoms with E-state index in [1.807, 2.05) is 65.0 Å². The molecular formula is C34H41NO4. The lowest BCUT2D eigenvalue weighted by Crippen LogP contribution is -2.19. The Bertz CT molecular complexity index is 1380. The van der Waals surface area contributed by atoms with Crippen LogP contribution < -0.4 is 24.7 Å². The first-order chi connectivity index (χ1) is 18.7. The highest BCUT2D eigenvalue weighted by atomic mass is 16.5. The third-order valence-corrected chi connectivity index (χ3v) is 6.34. The Morgan fingerprint density at radius 1 is 0.769 bits per heavy atom. The van der Waals surface area contributed by atoms with Gasteiger partial charge in [-0.3, -0.25) is 0 Å². The standard InChI is InChI=1S/C34H41NO4/c1-21(2)38-27-18-26(17-24(6)35)33(32(19-27)39-22(3)4)28-13-14-30(37-20-25-11-9-8-10-12-25)34-29(28)15-23(5)16-31(34)36-7/h8-16,18-19,21-22,24H,17,20,35H2,1-7H3/t24-/m1/s1. The Labute approximate surface area is 232 Å². The van der Waals surface area contributed by atoms with Gasteiger partial charge in [-0.25, -0.2) is 0 Å². The number of benzene rings is 4. The van der Waals surface area contributed by atoms with E-state index in [0.29, 0.717) is 13.0 Å². The molecule has 0 unspecified atom stereocenters. The molecular weight excluding hydrogens is 486 g/mol. The van der Waals surface area contributed by atoms with Crippen LogP contribution in [-0.2, 0) is 13.0 Å². The number of hydrogen-bond donors (Lipinski definition) is 1. The second-order valence-electron chi connectivity index (χ2n) is 10.7. The van der Waals surface area contributed by atoms with E-state index in [9.17, 15) is 0 Å². The molecule has 0 aliphatic carbocycles. The van der Waals surface area contributed by atoms with Gasteiger partial charge in [0.1, 0.15) is 29.6 Å². The predicted octanol–water partition coefficient (Wildman–Crippen LogP) is 7.87. The summed E-state index contributed by atoms with van der Waals surface area (Å²) in [6.45, 7) is 12.7. The van der Waals surface area contributed by atoms with Crippen molar-refractivity contribution in [3.05, 3.63) is 83.4 Å². The molecule has 5 nitrogen and oxygen atoms in total. The van der Waals surface area contributed by atoms with Crippen molar-refractivity contribution in [2.45, 2.75) is 72.8 Å². The fourth-order valence-corrected chi connectivity index (χ4v) is 4.93. The Hall–Kier alpha value is -3.70. The smallest absolute Gasteiger partial charge is 0.131 e. The molecule has 1 atom stereocenters. The van der Waals surface area contributed by atoms with Gasteiger partial charge in [0, 0.05) is 17.7 Å². The average molecular weight is 528 g/mol. The Balaban J connectivity index is 1.97. The molecule has 4 aromatic rings. The second-order valence-corrected chi connectivity index (χ2v) is 10.7. The highest BCUT2D eigenvalue weighted by Crippen LogP contribution is 2.46. The summed E-state index contributed by atoms with van der Waals surface area (Å²) in [5.74, 6) is 3.10. The first kappa shape index (κ1) is 28.3. The minimum absolute atomic E-state index is 0.0165. The molecule has 0 aromatic heterocycles. The summed E-state index contributed by atoms with van der Waals surface area (Å²) < 4.78 is 24.8. The van der Waals surface area contributed by atoms with Crippen molar-refractivity contribution >= 4 is 10.8 Å². The third kappa shape index (κ3) is 6.85. The van der Waals surface area contributed by atoms with E-state index in [1.165, 1.54) is 0 Å². The van der Waals surface area contributed by atoms with Crippen LogP contribution in [0.15, 0.2) is 66.7 Å². The van der Waals surface area contributed by atoms with Crippen LogP contribution in [0.5, 0.6) is 23.0 Å². The number of rotatable bonds is 11. The van der Waals surface area contributed by atoms with Crippen LogP contribution in [0.2, 0.25) is 0 Å². The maximum Gasteiger partial charge on any atom is 0.131 e. The number of ether oxygens (including phenoxy) is 4. The molecule has 4 aromatic carbocycles. The Morgan fingerprint density at radius 2 is 1.49 bits per heavy atom. The molecule has 0 aliphatic rings. The van der Waals surface area contributed by atoms with Crippen LogP contribution in [0, 0.1) is 6.92 Å². The molecule has 206 valence electrons. The molecule has 0 fully saturated rings. The second kappa shape index (κ2) is 12.4. The highest BCUT2D eigenvalue weighted by molar-refractivity contribution is 6.05. The van der Waals surface area contributed by atoms with E-state index < -0.39 is 0 Å². The summed E-state index contributed by atoms with van der Waals surface area (Å²) in [6, 6.07) is 22.6. The molecule has 0 spiro atoms. The molecule has 0 saturated heterocycles. The molecule has 0 amide bonds. The lowest BCUT2D eigenvalue weighted by molar-refractivity contribution is 0.229. The molecule has 4 rings (SSSR count). The van der Waals surface area contributed by atoms with E-state index in [4.69, 9.17) is 24.7 Å². The summed E-state index contributed by atoms with van der Waals surface area (Å²) in [7, 11) is 1.70. The SMILES string of the molecule is COc1cc(C)cc2c(-c3c(C[C@@H](C)N)cc(OC(C)C)cc3OC(C)C)ccc(OCc3ccccc3)c12. The van der Waals surface area contributed by atoms with Crippen LogP contribution in [0.4, 0.5) is 0 Å². The third-order valence-electron chi connectivity index (χ3n) is 6.34. The normalized spacial score (nSPS) is 12.2. The lowest BCUT2D eigenvalue weighted by Gasteiger charge is -2.23. The Kier molecular flexibility index (Phi) is 9.03. The van der Waals surface area contributed by atoms with Crippen LogP contribution in [0.3, 0.4) is 0 Å². The van der Waals surface area contributed by atoms with E-state index in [-0.39, 0.29) is 18.2 Å². The largest absolute Gasteiger partial charge is 0.496 e. The number of hydrogen-bond acceptors (Lipinski definition) is 5. The van der Waals surface area contributed by atoms with E-state index in [1.54, 1.807) is 7.11 Å². The molecule has 2 N–H and O–H groups in total. The number of aryl methyl sites for hydroxylation is 1. The fourth-order valence-electron chi connectivity index (χ4n) is 4.93. The number of fused-ring (bicyclic) bond motifs is 1. The van der Waals surface area contributed by atoms with Gasteiger partial charge in [0.2, 0.25) is 0 Å². The van der Waals surface area contributed by atoms with Gasteiger partial charge in [0.15, 0.2) is 0 Å². The van der Waals surface area contributed by atoms with Crippen molar-refractivity contribution in [1.29, 1.82) is 0 Å². The summed E-state index contributed by atoms with van der Waals surface area (Å²) in [5.41, 5.74) is 11.7. The van der Waals surface area contributed by atoms with Crippen LogP contribution in [-0.4, -0.2) is 25.4 Å². The van der Waals surface area contributed by atoms with Gasteiger partial charge in [0.05, 0.1) is 24.7 Å². The summed E-state index contributed by atoms with van der Waals surface area (Å²) in [5, 5.41) is 1.97. The molecule has 5 heteroatoms. The minimum atomic E-state index is -0.0408. The molecule has 0 saturated carbocycles. The average Bonchev–Trinajstić information content (AvgIpc) is 2.86. The molecule has 0 bridgehead atoms. The summed E-state index contributed by atoms with van der Waals surface area (Å²) >= 11 is 0. The topological polar surface area (TPSA) is 62.9 Å².